The van der Waals surface area contributed by atoms with Crippen molar-refractivity contribution in [2.45, 2.75) is 62.2 Å². The molecule has 67 heavy (non-hydrogen) atoms. The molecule has 1 amide bonds. The molecule has 2 aromatic heterocycles. The molecule has 4 N–H and O–H groups in total. The molecule has 0 saturated carbocycles. The first-order valence-corrected chi connectivity index (χ1v) is 24.5. The van der Waals surface area contributed by atoms with Crippen LogP contribution in [0.25, 0.3) is 16.6 Å². The fraction of sp³-hybridized carbons (Fsp3) is 0.417. The zero-order valence-electron chi connectivity index (χ0n) is 36.9. The van der Waals surface area contributed by atoms with Crippen molar-refractivity contribution in [3.8, 4) is 5.88 Å². The predicted octanol–water partition coefficient (Wildman–Crippen LogP) is 7.22. The van der Waals surface area contributed by atoms with Crippen LogP contribution in [0, 0.1) is 21.4 Å². The predicted molar refractivity (Wildman–Crippen MR) is 253 cm³/mol. The van der Waals surface area contributed by atoms with Gasteiger partial charge in [0.2, 0.25) is 5.88 Å². The van der Waals surface area contributed by atoms with Gasteiger partial charge in [-0.25, -0.2) is 13.1 Å². The Kier molecular flexibility index (Phi) is 12.4. The van der Waals surface area contributed by atoms with E-state index in [1.54, 1.807) is 18.3 Å². The normalized spacial score (nSPS) is 21.4. The summed E-state index contributed by atoms with van der Waals surface area (Å²) >= 11 is 6.27. The third-order valence-electron chi connectivity index (χ3n) is 13.7. The van der Waals surface area contributed by atoms with E-state index in [-0.39, 0.29) is 41.3 Å². The Labute approximate surface area is 392 Å². The van der Waals surface area contributed by atoms with Crippen LogP contribution in [0.3, 0.4) is 0 Å². The van der Waals surface area contributed by atoms with Gasteiger partial charge in [-0.3, -0.25) is 14.9 Å². The first-order valence-electron chi connectivity index (χ1n) is 22.7. The molecule has 17 nitrogen and oxygen atoms in total. The molecule has 19 heteroatoms. The minimum absolute atomic E-state index is 0.0259. The lowest BCUT2D eigenvalue weighted by atomic mass is 9.67. The minimum atomic E-state index is -4.62. The summed E-state index contributed by atoms with van der Waals surface area (Å²) in [6.45, 7) is 6.32. The van der Waals surface area contributed by atoms with Gasteiger partial charge in [-0.05, 0) is 116 Å². The lowest BCUT2D eigenvalue weighted by Gasteiger charge is -2.47. The number of hydrogen-bond donors (Lipinski definition) is 4. The molecule has 6 heterocycles. The Morgan fingerprint density at radius 2 is 1.85 bits per heavy atom. The SMILES string of the molecule is C[C@@H]1CN(c2cc(N3CCC(C(O)C4=C(c5ccc(Cl)cc5)CC5(CC4)COC5)CC3)ccc2C(=O)NS(=O)(=O)c2ccc(NC[C@@H]3COCCO3)c([N+](=O)[O-])c2)c2cc3cc[nH]c3nc2O1. The number of nitrogens with zero attached hydrogens (tertiary/aromatic N) is 4. The average molecular weight is 955 g/mol. The Morgan fingerprint density at radius 3 is 2.58 bits per heavy atom. The number of sulfonamides is 1. The van der Waals surface area contributed by atoms with Crippen molar-refractivity contribution < 1.29 is 42.2 Å². The standard InChI is InChI=1S/C48H52ClN7O10S/c1-29-25-55(43-20-32-11-15-50-45(32)52-47(43)66-29)41-21-34(54-16-12-31(13-17-54)44(57)37-10-14-48(27-64-28-48)23-39(37)30-2-4-33(49)5-3-30)6-8-38(41)46(58)53-67(61,62)36-7-9-40(42(22-36)56(59)60)51-24-35-26-63-18-19-65-35/h2-9,11,15,20-22,29,31,35,44,51,57H,10,12-14,16-19,23-28H2,1H3,(H,50,52)(H,53,58)/t29-,35-,44?/m1/s1. The van der Waals surface area contributed by atoms with Crippen LogP contribution in [0.15, 0.2) is 89.5 Å². The molecule has 1 unspecified atom stereocenters. The van der Waals surface area contributed by atoms with E-state index in [9.17, 15) is 28.4 Å². The van der Waals surface area contributed by atoms with E-state index in [0.29, 0.717) is 67.4 Å². The second-order valence-corrected chi connectivity index (χ2v) is 20.4. The maximum Gasteiger partial charge on any atom is 0.293 e. The van der Waals surface area contributed by atoms with Crippen molar-refractivity contribution in [1.29, 1.82) is 0 Å². The number of hydrogen-bond acceptors (Lipinski definition) is 14. The van der Waals surface area contributed by atoms with Gasteiger partial charge < -0.3 is 44.2 Å². The number of aliphatic hydroxyl groups is 1. The second-order valence-electron chi connectivity index (χ2n) is 18.2. The number of nitrogens with one attached hydrogen (secondary N) is 3. The number of benzene rings is 3. The molecule has 4 aliphatic heterocycles. The Bertz CT molecular complexity index is 2840. The monoisotopic (exact) mass is 953 g/mol. The fourth-order valence-electron chi connectivity index (χ4n) is 10.1. The van der Waals surface area contributed by atoms with E-state index in [0.717, 1.165) is 73.6 Å². The Hall–Kier alpha value is -5.76. The Balaban J connectivity index is 0.927. The van der Waals surface area contributed by atoms with Crippen molar-refractivity contribution in [3.63, 3.8) is 0 Å². The number of piperidine rings is 1. The van der Waals surface area contributed by atoms with Gasteiger partial charge in [-0.2, -0.15) is 4.98 Å². The third-order valence-corrected chi connectivity index (χ3v) is 15.3. The van der Waals surface area contributed by atoms with Gasteiger partial charge in [-0.1, -0.05) is 23.7 Å². The zero-order valence-corrected chi connectivity index (χ0v) is 38.5. The molecule has 1 aliphatic carbocycles. The van der Waals surface area contributed by atoms with Gasteiger partial charge in [0.15, 0.2) is 0 Å². The van der Waals surface area contributed by atoms with Crippen LogP contribution in [0.4, 0.5) is 28.4 Å². The second kappa shape index (κ2) is 18.4. The molecule has 0 radical (unpaired) electrons. The number of carbonyl (C=O) groups is 1. The molecule has 5 aromatic rings. The number of ether oxygens (including phenoxy) is 4. The van der Waals surface area contributed by atoms with E-state index in [4.69, 9.17) is 35.5 Å². The molecule has 3 aromatic carbocycles. The molecule has 0 bridgehead atoms. The van der Waals surface area contributed by atoms with Crippen molar-refractivity contribution in [1.82, 2.24) is 14.7 Å². The number of carbonyl (C=O) groups excluding carboxylic acids is 1. The van der Waals surface area contributed by atoms with Crippen LogP contribution in [0.2, 0.25) is 5.02 Å². The first kappa shape index (κ1) is 45.0. The third kappa shape index (κ3) is 9.17. The van der Waals surface area contributed by atoms with E-state index >= 15 is 0 Å². The number of aromatic nitrogens is 2. The zero-order chi connectivity index (χ0) is 46.5. The van der Waals surface area contributed by atoms with Gasteiger partial charge in [0.25, 0.3) is 21.6 Å². The van der Waals surface area contributed by atoms with E-state index in [1.807, 2.05) is 54.3 Å². The van der Waals surface area contributed by atoms with E-state index < -0.39 is 37.5 Å². The number of aliphatic hydroxyl groups excluding tert-OH is 1. The topological polar surface area (TPSA) is 211 Å². The molecule has 5 aliphatic rings. The number of nitro benzene ring substituents is 1. The Morgan fingerprint density at radius 1 is 1.04 bits per heavy atom. The minimum Gasteiger partial charge on any atom is -0.471 e. The molecule has 3 fully saturated rings. The van der Waals surface area contributed by atoms with Crippen molar-refractivity contribution in [3.05, 3.63) is 111 Å². The highest BCUT2D eigenvalue weighted by Crippen LogP contribution is 2.50. The van der Waals surface area contributed by atoms with Crippen LogP contribution in [-0.4, -0.2) is 112 Å². The highest BCUT2D eigenvalue weighted by Gasteiger charge is 2.44. The quantitative estimate of drug-likeness (QED) is 0.0719. The molecular weight excluding hydrogens is 902 g/mol. The fourth-order valence-corrected chi connectivity index (χ4v) is 11.2. The summed E-state index contributed by atoms with van der Waals surface area (Å²) in [4.78, 5) is 37.4. The summed E-state index contributed by atoms with van der Waals surface area (Å²) in [5.74, 6) is -0.549. The van der Waals surface area contributed by atoms with Gasteiger partial charge in [0.05, 0.1) is 72.9 Å². The number of halogens is 1. The van der Waals surface area contributed by atoms with Crippen LogP contribution in [-0.2, 0) is 24.2 Å². The molecule has 352 valence electrons. The number of anilines is 4. The number of amides is 1. The number of allylic oxidation sites excluding steroid dienone is 1. The van der Waals surface area contributed by atoms with Crippen LogP contribution in [0.5, 0.6) is 5.88 Å². The summed E-state index contributed by atoms with van der Waals surface area (Å²) in [6, 6.07) is 20.4. The van der Waals surface area contributed by atoms with Gasteiger partial charge in [0.1, 0.15) is 23.1 Å². The lowest BCUT2D eigenvalue weighted by molar-refractivity contribution is -0.384. The summed E-state index contributed by atoms with van der Waals surface area (Å²) in [7, 11) is -4.62. The van der Waals surface area contributed by atoms with E-state index in [2.05, 4.69) is 19.9 Å². The summed E-state index contributed by atoms with van der Waals surface area (Å²) in [5.41, 5.74) is 5.62. The van der Waals surface area contributed by atoms with Crippen LogP contribution in [0.1, 0.15) is 54.9 Å². The van der Waals surface area contributed by atoms with Gasteiger partial charge in [-0.15, -0.1) is 0 Å². The maximum atomic E-state index is 14.4. The van der Waals surface area contributed by atoms with Crippen molar-refractivity contribution in [2.75, 3.05) is 74.3 Å². The number of aromatic amines is 1. The number of rotatable bonds is 12. The van der Waals surface area contributed by atoms with Gasteiger partial charge >= 0.3 is 0 Å². The molecule has 10 rings (SSSR count). The van der Waals surface area contributed by atoms with Crippen LogP contribution < -0.4 is 24.6 Å². The highest BCUT2D eigenvalue weighted by atomic mass is 35.5. The summed E-state index contributed by atoms with van der Waals surface area (Å²) in [6.07, 6.45) is 4.54. The molecular formula is C48H52ClN7O10S. The largest absolute Gasteiger partial charge is 0.471 e. The van der Waals surface area contributed by atoms with Crippen molar-refractivity contribution in [2.24, 2.45) is 11.3 Å². The lowest BCUT2D eigenvalue weighted by Crippen LogP contribution is -2.45. The number of nitro groups is 1. The number of fused-ring (bicyclic) bond motifs is 2. The molecule has 3 saturated heterocycles. The van der Waals surface area contributed by atoms with Crippen LogP contribution >= 0.6 is 11.6 Å². The maximum absolute atomic E-state index is 14.4. The molecule has 1 spiro atoms. The summed E-state index contributed by atoms with van der Waals surface area (Å²) < 4.78 is 53.0. The number of pyridine rings is 1. The smallest absolute Gasteiger partial charge is 0.293 e. The van der Waals surface area contributed by atoms with E-state index in [1.165, 1.54) is 17.7 Å². The summed E-state index contributed by atoms with van der Waals surface area (Å²) in [5, 5.41) is 28.7. The van der Waals surface area contributed by atoms with Gasteiger partial charge in [0, 0.05) is 53.4 Å². The average Bonchev–Trinajstić information content (AvgIpc) is 3.79. The number of H-pyrrole nitrogens is 1. The molecule has 3 atom stereocenters. The first-order chi connectivity index (χ1) is 32.3. The van der Waals surface area contributed by atoms with Crippen molar-refractivity contribution >= 4 is 72.6 Å². The highest BCUT2D eigenvalue weighted by molar-refractivity contribution is 7.90.